The topological polar surface area (TPSA) is 104 Å². The third-order valence-electron chi connectivity index (χ3n) is 5.15. The van der Waals surface area contributed by atoms with Crippen LogP contribution in [0.1, 0.15) is 36.4 Å². The van der Waals surface area contributed by atoms with E-state index in [4.69, 9.17) is 5.73 Å². The summed E-state index contributed by atoms with van der Waals surface area (Å²) in [6, 6.07) is 3.84. The first-order chi connectivity index (χ1) is 13.8. The Morgan fingerprint density at radius 2 is 1.73 bits per heavy atom. The number of aryl methyl sites for hydroxylation is 1. The first-order valence-electron chi connectivity index (χ1n) is 9.36. The van der Waals surface area contributed by atoms with E-state index in [1.54, 1.807) is 24.3 Å². The molecule has 1 fully saturated rings. The first kappa shape index (κ1) is 24.0. The third kappa shape index (κ3) is 5.88. The molecule has 1 aromatic carbocycles. The Kier molecular flexibility index (Phi) is 7.40. The van der Waals surface area contributed by atoms with Crippen LogP contribution in [0.4, 0.5) is 22.0 Å². The highest BCUT2D eigenvalue weighted by atomic mass is 19.4. The minimum Gasteiger partial charge on any atom is -0.384 e. The van der Waals surface area contributed by atoms with Gasteiger partial charge in [-0.3, -0.25) is 9.59 Å². The normalized spacial score (nSPS) is 18.1. The van der Waals surface area contributed by atoms with Crippen LogP contribution in [0.25, 0.3) is 0 Å². The summed E-state index contributed by atoms with van der Waals surface area (Å²) >= 11 is 0. The zero-order chi connectivity index (χ0) is 22.7. The molecule has 1 aliphatic rings. The average Bonchev–Trinajstić information content (AvgIpc) is 2.62. The molecule has 0 aliphatic heterocycles. The van der Waals surface area contributed by atoms with Crippen molar-refractivity contribution >= 4 is 11.8 Å². The molecule has 6 nitrogen and oxygen atoms in total. The van der Waals surface area contributed by atoms with E-state index in [-0.39, 0.29) is 0 Å². The van der Waals surface area contributed by atoms with Gasteiger partial charge in [0, 0.05) is 0 Å². The number of aliphatic hydroxyl groups excluding tert-OH is 1. The van der Waals surface area contributed by atoms with Crippen molar-refractivity contribution in [3.05, 3.63) is 35.4 Å². The molecule has 1 aromatic rings. The van der Waals surface area contributed by atoms with Crippen molar-refractivity contribution in [3.63, 3.8) is 0 Å². The summed E-state index contributed by atoms with van der Waals surface area (Å²) in [6.07, 6.45) is -6.13. The largest absolute Gasteiger partial charge is 0.405 e. The molecule has 0 bridgehead atoms. The van der Waals surface area contributed by atoms with Gasteiger partial charge in [-0.25, -0.2) is 0 Å². The zero-order valence-electron chi connectivity index (χ0n) is 16.2. The average molecular weight is 437 g/mol. The molecule has 0 saturated heterocycles. The second-order valence-electron chi connectivity index (χ2n) is 7.48. The van der Waals surface area contributed by atoms with Gasteiger partial charge in [0.25, 0.3) is 5.91 Å². The van der Waals surface area contributed by atoms with Gasteiger partial charge in [-0.2, -0.15) is 22.0 Å². The number of alkyl halides is 5. The molecular weight excluding hydrogens is 413 g/mol. The van der Waals surface area contributed by atoms with E-state index in [1.807, 2.05) is 6.92 Å². The van der Waals surface area contributed by atoms with E-state index in [0.29, 0.717) is 24.8 Å². The summed E-state index contributed by atoms with van der Waals surface area (Å²) in [6.45, 7) is -0.142. The predicted octanol–water partition coefficient (Wildman–Crippen LogP) is 1.95. The van der Waals surface area contributed by atoms with Crippen molar-refractivity contribution < 1.29 is 36.6 Å². The molecule has 30 heavy (non-hydrogen) atoms. The SMILES string of the molecule is Cc1ccc([C@H](N)C(=O)N[C@@H](C2CCC2)[C@@H](O)C(F)(F)C(=O)NCC(F)(F)F)cc1. The quantitative estimate of drug-likeness (QED) is 0.467. The number of hydrogen-bond acceptors (Lipinski definition) is 4. The fourth-order valence-electron chi connectivity index (χ4n) is 3.09. The molecule has 3 atom stereocenters. The van der Waals surface area contributed by atoms with E-state index in [0.717, 1.165) is 10.9 Å². The summed E-state index contributed by atoms with van der Waals surface area (Å²) in [5.41, 5.74) is 7.20. The van der Waals surface area contributed by atoms with Crippen molar-refractivity contribution in [1.29, 1.82) is 0 Å². The number of halogens is 5. The standard InChI is InChI=1S/C19H24F5N3O3/c1-10-5-7-11(8-6-10)13(25)16(29)27-14(12-3-2-4-12)15(28)19(23,24)17(30)26-9-18(20,21)22/h5-8,12-15,28H,2-4,9,25H2,1H3,(H,26,30)(H,27,29)/t13-,14-,15+/m0/s1. The molecule has 1 aliphatic carbocycles. The maximum Gasteiger partial charge on any atom is 0.405 e. The summed E-state index contributed by atoms with van der Waals surface area (Å²) in [4.78, 5) is 24.1. The fourth-order valence-corrected chi connectivity index (χ4v) is 3.09. The molecule has 168 valence electrons. The smallest absolute Gasteiger partial charge is 0.384 e. The number of amides is 2. The lowest BCUT2D eigenvalue weighted by Gasteiger charge is -2.39. The van der Waals surface area contributed by atoms with Crippen LogP contribution >= 0.6 is 0 Å². The number of nitrogens with two attached hydrogens (primary N) is 1. The lowest BCUT2D eigenvalue weighted by atomic mass is 9.76. The number of benzene rings is 1. The molecule has 2 rings (SSSR count). The Morgan fingerprint density at radius 1 is 1.17 bits per heavy atom. The summed E-state index contributed by atoms with van der Waals surface area (Å²) < 4.78 is 65.4. The van der Waals surface area contributed by atoms with Crippen LogP contribution in [0.5, 0.6) is 0 Å². The molecular formula is C19H24F5N3O3. The Bertz CT molecular complexity index is 751. The van der Waals surface area contributed by atoms with Crippen LogP contribution in [0.3, 0.4) is 0 Å². The highest BCUT2D eigenvalue weighted by molar-refractivity contribution is 5.85. The van der Waals surface area contributed by atoms with Gasteiger partial charge in [-0.05, 0) is 31.2 Å². The van der Waals surface area contributed by atoms with Crippen LogP contribution < -0.4 is 16.4 Å². The van der Waals surface area contributed by atoms with E-state index in [1.165, 1.54) is 0 Å². The van der Waals surface area contributed by atoms with Crippen molar-refractivity contribution in [3.8, 4) is 0 Å². The highest BCUT2D eigenvalue weighted by Gasteiger charge is 2.53. The van der Waals surface area contributed by atoms with Crippen LogP contribution in [0.2, 0.25) is 0 Å². The summed E-state index contributed by atoms with van der Waals surface area (Å²) in [7, 11) is 0. The minimum absolute atomic E-state index is 0.405. The van der Waals surface area contributed by atoms with Crippen molar-refractivity contribution in [2.75, 3.05) is 6.54 Å². The van der Waals surface area contributed by atoms with E-state index < -0.39 is 54.6 Å². The lowest BCUT2D eigenvalue weighted by Crippen LogP contribution is -2.61. The molecule has 2 amide bonds. The maximum atomic E-state index is 14.4. The number of aliphatic hydroxyl groups is 1. The van der Waals surface area contributed by atoms with Gasteiger partial charge in [-0.1, -0.05) is 36.2 Å². The van der Waals surface area contributed by atoms with Crippen molar-refractivity contribution in [2.45, 2.75) is 56.5 Å². The monoisotopic (exact) mass is 437 g/mol. The number of rotatable bonds is 8. The van der Waals surface area contributed by atoms with Gasteiger partial charge < -0.3 is 21.5 Å². The fraction of sp³-hybridized carbons (Fsp3) is 0.579. The van der Waals surface area contributed by atoms with E-state index in [9.17, 15) is 36.6 Å². The highest BCUT2D eigenvalue weighted by Crippen LogP contribution is 2.35. The van der Waals surface area contributed by atoms with Gasteiger partial charge >= 0.3 is 12.1 Å². The van der Waals surface area contributed by atoms with Crippen LogP contribution in [0, 0.1) is 12.8 Å². The number of hydrogen-bond donors (Lipinski definition) is 4. The van der Waals surface area contributed by atoms with E-state index in [2.05, 4.69) is 5.32 Å². The van der Waals surface area contributed by atoms with Gasteiger partial charge in [-0.15, -0.1) is 0 Å². The Balaban J connectivity index is 2.13. The van der Waals surface area contributed by atoms with Gasteiger partial charge in [0.05, 0.1) is 6.04 Å². The lowest BCUT2D eigenvalue weighted by molar-refractivity contribution is -0.176. The van der Waals surface area contributed by atoms with Gasteiger partial charge in [0.2, 0.25) is 5.91 Å². The molecule has 0 heterocycles. The molecule has 11 heteroatoms. The third-order valence-corrected chi connectivity index (χ3v) is 5.15. The summed E-state index contributed by atoms with van der Waals surface area (Å²) in [5, 5.41) is 13.5. The second kappa shape index (κ2) is 9.25. The first-order valence-corrected chi connectivity index (χ1v) is 9.36. The van der Waals surface area contributed by atoms with Crippen LogP contribution in [0.15, 0.2) is 24.3 Å². The summed E-state index contributed by atoms with van der Waals surface area (Å²) in [5.74, 6) is -8.22. The van der Waals surface area contributed by atoms with Crippen LogP contribution in [-0.2, 0) is 9.59 Å². The molecule has 0 aromatic heterocycles. The number of carbonyl (C=O) groups is 2. The molecule has 1 saturated carbocycles. The maximum absolute atomic E-state index is 14.4. The van der Waals surface area contributed by atoms with Gasteiger partial charge in [0.1, 0.15) is 18.7 Å². The number of nitrogens with one attached hydrogen (secondary N) is 2. The van der Waals surface area contributed by atoms with Crippen molar-refractivity contribution in [2.24, 2.45) is 11.7 Å². The predicted molar refractivity (Wildman–Crippen MR) is 97.4 cm³/mol. The second-order valence-corrected chi connectivity index (χ2v) is 7.48. The molecule has 5 N–H and O–H groups in total. The molecule has 0 spiro atoms. The van der Waals surface area contributed by atoms with Crippen LogP contribution in [-0.4, -0.2) is 47.7 Å². The Labute approximate surface area is 170 Å². The zero-order valence-corrected chi connectivity index (χ0v) is 16.2. The van der Waals surface area contributed by atoms with Crippen molar-refractivity contribution in [1.82, 2.24) is 10.6 Å². The van der Waals surface area contributed by atoms with E-state index >= 15 is 0 Å². The Hall–Kier alpha value is -2.27. The number of carbonyl (C=O) groups excluding carboxylic acids is 2. The minimum atomic E-state index is -4.89. The molecule has 0 unspecified atom stereocenters. The molecule has 0 radical (unpaired) electrons. The van der Waals surface area contributed by atoms with Gasteiger partial charge in [0.15, 0.2) is 0 Å². The Morgan fingerprint density at radius 3 is 2.20 bits per heavy atom.